The molecule has 88 valence electrons. The number of rotatable bonds is 5. The molecule has 1 aromatic heterocycles. The Morgan fingerprint density at radius 2 is 1.94 bits per heavy atom. The van der Waals surface area contributed by atoms with Gasteiger partial charge in [-0.05, 0) is 26.3 Å². The number of aryl methyl sites for hydroxylation is 2. The number of carbonyl (C=O) groups excluding carboxylic acids is 1. The minimum Gasteiger partial charge on any atom is -0.273 e. The van der Waals surface area contributed by atoms with Crippen LogP contribution in [0.1, 0.15) is 37.6 Å². The molecule has 0 spiro atoms. The lowest BCUT2D eigenvalue weighted by atomic mass is 10.2. The van der Waals surface area contributed by atoms with Crippen LogP contribution in [0.4, 0.5) is 5.95 Å². The van der Waals surface area contributed by atoms with Gasteiger partial charge in [0.25, 0.3) is 0 Å². The van der Waals surface area contributed by atoms with E-state index in [-0.39, 0.29) is 5.91 Å². The highest BCUT2D eigenvalue weighted by Crippen LogP contribution is 2.02. The largest absolute Gasteiger partial charge is 0.273 e. The van der Waals surface area contributed by atoms with E-state index in [2.05, 4.69) is 20.8 Å². The first-order valence-corrected chi connectivity index (χ1v) is 5.49. The van der Waals surface area contributed by atoms with Crippen molar-refractivity contribution in [2.24, 2.45) is 0 Å². The number of hydrazine groups is 1. The average Bonchev–Trinajstić information content (AvgIpc) is 2.22. The minimum atomic E-state index is -0.0374. The lowest BCUT2D eigenvalue weighted by molar-refractivity contribution is -0.120. The first kappa shape index (κ1) is 12.4. The van der Waals surface area contributed by atoms with Gasteiger partial charge in [0.2, 0.25) is 11.9 Å². The van der Waals surface area contributed by atoms with Crippen molar-refractivity contribution in [1.82, 2.24) is 15.4 Å². The van der Waals surface area contributed by atoms with Crippen LogP contribution in [-0.4, -0.2) is 15.9 Å². The zero-order valence-electron chi connectivity index (χ0n) is 10.0. The van der Waals surface area contributed by atoms with E-state index in [1.807, 2.05) is 26.8 Å². The number of hydrogen-bond acceptors (Lipinski definition) is 4. The standard InChI is InChI=1S/C11H18N4O/c1-4-5-6-10(16)14-15-11-12-8(2)7-9(3)13-11/h7H,4-6H2,1-3H3,(H,14,16)(H,12,13,15). The van der Waals surface area contributed by atoms with Gasteiger partial charge in [-0.2, -0.15) is 0 Å². The normalized spacial score (nSPS) is 9.94. The van der Waals surface area contributed by atoms with Gasteiger partial charge in [-0.1, -0.05) is 13.3 Å². The lowest BCUT2D eigenvalue weighted by Crippen LogP contribution is -2.30. The highest BCUT2D eigenvalue weighted by atomic mass is 16.2. The van der Waals surface area contributed by atoms with E-state index < -0.39 is 0 Å². The number of unbranched alkanes of at least 4 members (excludes halogenated alkanes) is 1. The third kappa shape index (κ3) is 4.25. The molecular weight excluding hydrogens is 204 g/mol. The SMILES string of the molecule is CCCCC(=O)NNc1nc(C)cc(C)n1. The van der Waals surface area contributed by atoms with Gasteiger partial charge in [0, 0.05) is 17.8 Å². The summed E-state index contributed by atoms with van der Waals surface area (Å²) < 4.78 is 0. The molecule has 1 aromatic rings. The monoisotopic (exact) mass is 222 g/mol. The molecule has 0 aliphatic carbocycles. The summed E-state index contributed by atoms with van der Waals surface area (Å²) in [6.07, 6.45) is 2.42. The van der Waals surface area contributed by atoms with Crippen LogP contribution in [0, 0.1) is 13.8 Å². The quantitative estimate of drug-likeness (QED) is 0.744. The van der Waals surface area contributed by atoms with Gasteiger partial charge in [0.1, 0.15) is 0 Å². The Hall–Kier alpha value is -1.65. The molecule has 0 bridgehead atoms. The van der Waals surface area contributed by atoms with Crippen LogP contribution in [0.5, 0.6) is 0 Å². The van der Waals surface area contributed by atoms with E-state index >= 15 is 0 Å². The second-order valence-electron chi connectivity index (χ2n) is 3.75. The van der Waals surface area contributed by atoms with Gasteiger partial charge in [-0.3, -0.25) is 15.6 Å². The molecule has 0 aromatic carbocycles. The molecule has 0 unspecified atom stereocenters. The molecule has 0 saturated heterocycles. The van der Waals surface area contributed by atoms with Crippen molar-refractivity contribution < 1.29 is 4.79 Å². The van der Waals surface area contributed by atoms with Crippen molar-refractivity contribution in [3.63, 3.8) is 0 Å². The summed E-state index contributed by atoms with van der Waals surface area (Å²) in [7, 11) is 0. The number of carbonyl (C=O) groups is 1. The van der Waals surface area contributed by atoms with E-state index in [0.717, 1.165) is 24.2 Å². The number of nitrogens with zero attached hydrogens (tertiary/aromatic N) is 2. The summed E-state index contributed by atoms with van der Waals surface area (Å²) in [5.41, 5.74) is 7.03. The summed E-state index contributed by atoms with van der Waals surface area (Å²) in [6.45, 7) is 5.82. The number of aromatic nitrogens is 2. The molecule has 0 fully saturated rings. The Labute approximate surface area is 95.7 Å². The highest BCUT2D eigenvalue weighted by molar-refractivity contribution is 5.76. The molecule has 0 aliphatic heterocycles. The number of anilines is 1. The predicted molar refractivity (Wildman–Crippen MR) is 62.8 cm³/mol. The topological polar surface area (TPSA) is 66.9 Å². The molecule has 1 amide bonds. The Bertz CT molecular complexity index is 345. The second-order valence-corrected chi connectivity index (χ2v) is 3.75. The van der Waals surface area contributed by atoms with E-state index in [4.69, 9.17) is 0 Å². The van der Waals surface area contributed by atoms with E-state index in [9.17, 15) is 4.79 Å². The Morgan fingerprint density at radius 3 is 2.50 bits per heavy atom. The smallest absolute Gasteiger partial charge is 0.242 e. The first-order valence-electron chi connectivity index (χ1n) is 5.49. The van der Waals surface area contributed by atoms with Crippen LogP contribution in [0.25, 0.3) is 0 Å². The fraction of sp³-hybridized carbons (Fsp3) is 0.545. The van der Waals surface area contributed by atoms with Crippen LogP contribution in [0.3, 0.4) is 0 Å². The van der Waals surface area contributed by atoms with Crippen LogP contribution in [0.15, 0.2) is 6.07 Å². The maximum absolute atomic E-state index is 11.3. The van der Waals surface area contributed by atoms with Crippen LogP contribution in [0.2, 0.25) is 0 Å². The molecule has 0 aliphatic rings. The zero-order chi connectivity index (χ0) is 12.0. The van der Waals surface area contributed by atoms with Crippen molar-refractivity contribution in [2.75, 3.05) is 5.43 Å². The third-order valence-electron chi connectivity index (χ3n) is 2.05. The van der Waals surface area contributed by atoms with Crippen LogP contribution < -0.4 is 10.9 Å². The van der Waals surface area contributed by atoms with Gasteiger partial charge >= 0.3 is 0 Å². The van der Waals surface area contributed by atoms with E-state index in [1.165, 1.54) is 0 Å². The highest BCUT2D eigenvalue weighted by Gasteiger charge is 2.02. The zero-order valence-corrected chi connectivity index (χ0v) is 10.0. The molecule has 16 heavy (non-hydrogen) atoms. The van der Waals surface area contributed by atoms with Crippen molar-refractivity contribution >= 4 is 11.9 Å². The molecule has 5 heteroatoms. The third-order valence-corrected chi connectivity index (χ3v) is 2.05. The fourth-order valence-corrected chi connectivity index (χ4v) is 1.31. The molecule has 5 nitrogen and oxygen atoms in total. The minimum absolute atomic E-state index is 0.0374. The van der Waals surface area contributed by atoms with E-state index in [1.54, 1.807) is 0 Å². The Kier molecular flexibility index (Phi) is 4.69. The molecular formula is C11H18N4O. The maximum Gasteiger partial charge on any atom is 0.242 e. The van der Waals surface area contributed by atoms with Gasteiger partial charge in [-0.15, -0.1) is 0 Å². The van der Waals surface area contributed by atoms with Crippen molar-refractivity contribution in [2.45, 2.75) is 40.0 Å². The number of hydrogen-bond donors (Lipinski definition) is 2. The summed E-state index contributed by atoms with van der Waals surface area (Å²) >= 11 is 0. The lowest BCUT2D eigenvalue weighted by Gasteiger charge is -2.07. The van der Waals surface area contributed by atoms with Gasteiger partial charge in [0.15, 0.2) is 0 Å². The van der Waals surface area contributed by atoms with Crippen molar-refractivity contribution in [1.29, 1.82) is 0 Å². The molecule has 0 saturated carbocycles. The van der Waals surface area contributed by atoms with Crippen molar-refractivity contribution in [3.05, 3.63) is 17.5 Å². The van der Waals surface area contributed by atoms with Crippen molar-refractivity contribution in [3.8, 4) is 0 Å². The summed E-state index contributed by atoms with van der Waals surface area (Å²) in [5, 5.41) is 0. The van der Waals surface area contributed by atoms with E-state index in [0.29, 0.717) is 12.4 Å². The number of nitrogens with one attached hydrogen (secondary N) is 2. The Balaban J connectivity index is 2.45. The summed E-state index contributed by atoms with van der Waals surface area (Å²) in [6, 6.07) is 1.88. The molecule has 1 rings (SSSR count). The second kappa shape index (κ2) is 6.05. The average molecular weight is 222 g/mol. The molecule has 0 radical (unpaired) electrons. The fourth-order valence-electron chi connectivity index (χ4n) is 1.31. The molecule has 1 heterocycles. The maximum atomic E-state index is 11.3. The molecule has 2 N–H and O–H groups in total. The van der Waals surface area contributed by atoms with Gasteiger partial charge in [-0.25, -0.2) is 9.97 Å². The Morgan fingerprint density at radius 1 is 1.31 bits per heavy atom. The number of amides is 1. The van der Waals surface area contributed by atoms with Gasteiger partial charge in [0.05, 0.1) is 0 Å². The molecule has 0 atom stereocenters. The predicted octanol–water partition coefficient (Wildman–Crippen LogP) is 1.73. The summed E-state index contributed by atoms with van der Waals surface area (Å²) in [4.78, 5) is 19.6. The van der Waals surface area contributed by atoms with Crippen LogP contribution >= 0.6 is 0 Å². The van der Waals surface area contributed by atoms with Gasteiger partial charge < -0.3 is 0 Å². The summed E-state index contributed by atoms with van der Waals surface area (Å²) in [5.74, 6) is 0.395. The first-order chi connectivity index (χ1) is 7.61. The van der Waals surface area contributed by atoms with Crippen LogP contribution in [-0.2, 0) is 4.79 Å².